The van der Waals surface area contributed by atoms with Crippen molar-refractivity contribution in [2.75, 3.05) is 38.3 Å². The lowest BCUT2D eigenvalue weighted by molar-refractivity contribution is 0.0600. The number of anilines is 1. The molecular formula is C18H21N3O4. The number of hydrogen-bond acceptors (Lipinski definition) is 6. The van der Waals surface area contributed by atoms with E-state index in [1.165, 1.54) is 13.3 Å². The van der Waals surface area contributed by atoms with Gasteiger partial charge in [-0.3, -0.25) is 9.78 Å². The van der Waals surface area contributed by atoms with E-state index in [0.29, 0.717) is 37.6 Å². The van der Waals surface area contributed by atoms with E-state index < -0.39 is 5.97 Å². The van der Waals surface area contributed by atoms with Gasteiger partial charge in [-0.25, -0.2) is 4.79 Å². The van der Waals surface area contributed by atoms with Gasteiger partial charge in [0.25, 0.3) is 5.56 Å². The summed E-state index contributed by atoms with van der Waals surface area (Å²) in [4.78, 5) is 30.7. The molecule has 0 saturated carbocycles. The highest BCUT2D eigenvalue weighted by Gasteiger charge is 2.18. The number of morpholine rings is 1. The second-order valence-electron chi connectivity index (χ2n) is 5.98. The Bertz CT molecular complexity index is 854. The molecule has 1 aliphatic heterocycles. The number of carbonyl (C=O) groups is 1. The number of carbonyl (C=O) groups excluding carboxylic acids is 1. The minimum atomic E-state index is -0.438. The van der Waals surface area contributed by atoms with Crippen LogP contribution >= 0.6 is 0 Å². The normalized spacial score (nSPS) is 14.4. The van der Waals surface area contributed by atoms with Crippen LogP contribution in [0.5, 0.6) is 0 Å². The SMILES string of the molecule is COC(=O)c1cnc(C)c(-c2cc(N3CCOCC3)c(=O)n(C)c2)c1. The van der Waals surface area contributed by atoms with E-state index in [0.717, 1.165) is 16.8 Å². The van der Waals surface area contributed by atoms with Crippen LogP contribution in [0.4, 0.5) is 5.69 Å². The third kappa shape index (κ3) is 3.41. The van der Waals surface area contributed by atoms with Gasteiger partial charge in [-0.2, -0.15) is 0 Å². The molecule has 0 spiro atoms. The van der Waals surface area contributed by atoms with Crippen molar-refractivity contribution in [3.63, 3.8) is 0 Å². The maximum absolute atomic E-state index is 12.5. The van der Waals surface area contributed by atoms with Crippen LogP contribution in [-0.4, -0.2) is 48.9 Å². The van der Waals surface area contributed by atoms with Gasteiger partial charge in [0.15, 0.2) is 0 Å². The van der Waals surface area contributed by atoms with Gasteiger partial charge in [-0.15, -0.1) is 0 Å². The van der Waals surface area contributed by atoms with Crippen LogP contribution < -0.4 is 10.5 Å². The highest BCUT2D eigenvalue weighted by atomic mass is 16.5. The maximum atomic E-state index is 12.5. The minimum absolute atomic E-state index is 0.0552. The third-order valence-corrected chi connectivity index (χ3v) is 4.34. The first-order valence-corrected chi connectivity index (χ1v) is 8.10. The Labute approximate surface area is 145 Å². The number of methoxy groups -OCH3 is 1. The molecule has 0 amide bonds. The van der Waals surface area contributed by atoms with E-state index in [-0.39, 0.29) is 5.56 Å². The highest BCUT2D eigenvalue weighted by molar-refractivity contribution is 5.90. The zero-order valence-electron chi connectivity index (χ0n) is 14.6. The molecule has 0 bridgehead atoms. The van der Waals surface area contributed by atoms with Crippen LogP contribution in [0.1, 0.15) is 16.1 Å². The Kier molecular flexibility index (Phi) is 4.85. The van der Waals surface area contributed by atoms with Crippen LogP contribution in [0.25, 0.3) is 11.1 Å². The van der Waals surface area contributed by atoms with Gasteiger partial charge < -0.3 is 18.9 Å². The number of aryl methyl sites for hydroxylation is 2. The van der Waals surface area contributed by atoms with E-state index in [9.17, 15) is 9.59 Å². The van der Waals surface area contributed by atoms with Crippen molar-refractivity contribution in [1.29, 1.82) is 0 Å². The van der Waals surface area contributed by atoms with E-state index in [2.05, 4.69) is 4.98 Å². The molecule has 1 aliphatic rings. The highest BCUT2D eigenvalue weighted by Crippen LogP contribution is 2.26. The van der Waals surface area contributed by atoms with Gasteiger partial charge in [0.2, 0.25) is 0 Å². The van der Waals surface area contributed by atoms with Crippen LogP contribution in [0.3, 0.4) is 0 Å². The molecule has 0 aliphatic carbocycles. The van der Waals surface area contributed by atoms with Crippen LogP contribution in [0.2, 0.25) is 0 Å². The minimum Gasteiger partial charge on any atom is -0.465 e. The molecule has 7 heteroatoms. The Morgan fingerprint density at radius 2 is 2.00 bits per heavy atom. The molecular weight excluding hydrogens is 322 g/mol. The Morgan fingerprint density at radius 3 is 2.68 bits per heavy atom. The summed E-state index contributed by atoms with van der Waals surface area (Å²) in [6.07, 6.45) is 3.26. The lowest BCUT2D eigenvalue weighted by Crippen LogP contribution is -2.40. The van der Waals surface area contributed by atoms with Gasteiger partial charge in [-0.05, 0) is 19.1 Å². The van der Waals surface area contributed by atoms with Gasteiger partial charge in [-0.1, -0.05) is 0 Å². The summed E-state index contributed by atoms with van der Waals surface area (Å²) in [6.45, 7) is 4.43. The number of hydrogen-bond donors (Lipinski definition) is 0. The van der Waals surface area contributed by atoms with E-state index >= 15 is 0 Å². The Hall–Kier alpha value is -2.67. The molecule has 1 fully saturated rings. The topological polar surface area (TPSA) is 73.7 Å². The quantitative estimate of drug-likeness (QED) is 0.784. The van der Waals surface area contributed by atoms with E-state index in [4.69, 9.17) is 9.47 Å². The summed E-state index contributed by atoms with van der Waals surface area (Å²) in [5.74, 6) is -0.438. The van der Waals surface area contributed by atoms with Gasteiger partial charge in [0, 0.05) is 49.4 Å². The molecule has 2 aromatic heterocycles. The molecule has 3 rings (SSSR count). The summed E-state index contributed by atoms with van der Waals surface area (Å²) in [7, 11) is 3.06. The van der Waals surface area contributed by atoms with E-state index in [1.807, 2.05) is 17.9 Å². The van der Waals surface area contributed by atoms with Crippen LogP contribution in [-0.2, 0) is 16.5 Å². The third-order valence-electron chi connectivity index (χ3n) is 4.34. The first-order chi connectivity index (χ1) is 12.0. The molecule has 1 saturated heterocycles. The number of aromatic nitrogens is 2. The smallest absolute Gasteiger partial charge is 0.339 e. The monoisotopic (exact) mass is 343 g/mol. The zero-order valence-corrected chi connectivity index (χ0v) is 14.6. The van der Waals surface area contributed by atoms with E-state index in [1.54, 1.807) is 23.9 Å². The largest absolute Gasteiger partial charge is 0.465 e. The van der Waals surface area contributed by atoms with Gasteiger partial charge >= 0.3 is 5.97 Å². The van der Waals surface area contributed by atoms with Crippen molar-refractivity contribution in [2.45, 2.75) is 6.92 Å². The van der Waals surface area contributed by atoms with Crippen molar-refractivity contribution >= 4 is 11.7 Å². The first-order valence-electron chi connectivity index (χ1n) is 8.10. The molecule has 3 heterocycles. The second-order valence-corrected chi connectivity index (χ2v) is 5.98. The number of ether oxygens (including phenoxy) is 2. The lowest BCUT2D eigenvalue weighted by Gasteiger charge is -2.28. The predicted molar refractivity (Wildman–Crippen MR) is 94.0 cm³/mol. The number of pyridine rings is 2. The van der Waals surface area contributed by atoms with Gasteiger partial charge in [0.05, 0.1) is 25.9 Å². The van der Waals surface area contributed by atoms with Crippen LogP contribution in [0.15, 0.2) is 29.3 Å². The average molecular weight is 343 g/mol. The lowest BCUT2D eigenvalue weighted by atomic mass is 10.0. The first kappa shape index (κ1) is 17.2. The molecule has 2 aromatic rings. The summed E-state index contributed by atoms with van der Waals surface area (Å²) in [5.41, 5.74) is 3.36. The van der Waals surface area contributed by atoms with Crippen LogP contribution in [0, 0.1) is 6.92 Å². The van der Waals surface area contributed by atoms with Crippen molar-refractivity contribution in [2.24, 2.45) is 7.05 Å². The summed E-state index contributed by atoms with van der Waals surface area (Å²) < 4.78 is 11.7. The molecule has 0 N–H and O–H groups in total. The molecule has 25 heavy (non-hydrogen) atoms. The average Bonchev–Trinajstić information content (AvgIpc) is 2.64. The summed E-state index contributed by atoms with van der Waals surface area (Å²) in [6, 6.07) is 3.61. The van der Waals surface area contributed by atoms with Crippen molar-refractivity contribution < 1.29 is 14.3 Å². The fraction of sp³-hybridized carbons (Fsp3) is 0.389. The predicted octanol–water partition coefficient (Wildman–Crippen LogP) is 1.38. The molecule has 0 unspecified atom stereocenters. The number of nitrogens with zero attached hydrogens (tertiary/aromatic N) is 3. The van der Waals surface area contributed by atoms with Crippen molar-refractivity contribution in [3.05, 3.63) is 46.1 Å². The van der Waals surface area contributed by atoms with Crippen molar-refractivity contribution in [3.8, 4) is 11.1 Å². The Balaban J connectivity index is 2.10. The fourth-order valence-electron chi connectivity index (χ4n) is 2.93. The maximum Gasteiger partial charge on any atom is 0.339 e. The molecule has 7 nitrogen and oxygen atoms in total. The van der Waals surface area contributed by atoms with Gasteiger partial charge in [0.1, 0.15) is 5.69 Å². The fourth-order valence-corrected chi connectivity index (χ4v) is 2.93. The zero-order chi connectivity index (χ0) is 18.0. The summed E-state index contributed by atoms with van der Waals surface area (Å²) in [5, 5.41) is 0. The molecule has 132 valence electrons. The molecule has 0 atom stereocenters. The molecule has 0 aromatic carbocycles. The molecule has 0 radical (unpaired) electrons. The summed E-state index contributed by atoms with van der Waals surface area (Å²) >= 11 is 0. The standard InChI is InChI=1S/C18H21N3O4/c1-12-15(8-13(10-19-12)18(23)24-3)14-9-16(17(22)20(2)11-14)21-4-6-25-7-5-21/h8-11H,4-7H2,1-3H3. The van der Waals surface area contributed by atoms with Crippen molar-refractivity contribution in [1.82, 2.24) is 9.55 Å². The number of esters is 1. The Morgan fingerprint density at radius 1 is 1.28 bits per heavy atom. The number of rotatable bonds is 3. The second kappa shape index (κ2) is 7.06.